The van der Waals surface area contributed by atoms with Gasteiger partial charge >= 0.3 is 0 Å². The van der Waals surface area contributed by atoms with E-state index in [1.165, 1.54) is 25.7 Å². The summed E-state index contributed by atoms with van der Waals surface area (Å²) >= 11 is 1.94. The Balaban J connectivity index is 1.80. The van der Waals surface area contributed by atoms with E-state index in [-0.39, 0.29) is 0 Å². The lowest BCUT2D eigenvalue weighted by Crippen LogP contribution is -2.42. The summed E-state index contributed by atoms with van der Waals surface area (Å²) in [5.74, 6) is 0.647. The lowest BCUT2D eigenvalue weighted by molar-refractivity contribution is 0.141. The molecule has 3 atom stereocenters. The molecule has 3 nitrogen and oxygen atoms in total. The third-order valence-electron chi connectivity index (χ3n) is 3.45. The van der Waals surface area contributed by atoms with Crippen molar-refractivity contribution in [3.8, 4) is 0 Å². The van der Waals surface area contributed by atoms with Gasteiger partial charge in [0.05, 0.1) is 6.26 Å². The van der Waals surface area contributed by atoms with Crippen molar-refractivity contribution < 1.29 is 9.52 Å². The lowest BCUT2D eigenvalue weighted by Gasteiger charge is -2.31. The van der Waals surface area contributed by atoms with Gasteiger partial charge in [-0.15, -0.1) is 0 Å². The molecule has 1 heterocycles. The van der Waals surface area contributed by atoms with Gasteiger partial charge in [-0.1, -0.05) is 12.8 Å². The fourth-order valence-corrected chi connectivity index (χ4v) is 3.42. The topological polar surface area (TPSA) is 45.4 Å². The molecular formula is C13H21NO2S. The van der Waals surface area contributed by atoms with Crippen LogP contribution in [-0.2, 0) is 0 Å². The van der Waals surface area contributed by atoms with Gasteiger partial charge in [-0.2, -0.15) is 11.8 Å². The number of hydrogen-bond donors (Lipinski definition) is 2. The number of aliphatic hydroxyl groups is 1. The van der Waals surface area contributed by atoms with Crippen LogP contribution in [0.25, 0.3) is 0 Å². The molecule has 2 N–H and O–H groups in total. The summed E-state index contributed by atoms with van der Waals surface area (Å²) in [4.78, 5) is 0. The van der Waals surface area contributed by atoms with Gasteiger partial charge in [0, 0.05) is 17.8 Å². The smallest absolute Gasteiger partial charge is 0.133 e. The first kappa shape index (κ1) is 13.0. The van der Waals surface area contributed by atoms with E-state index in [4.69, 9.17) is 4.42 Å². The first-order valence-electron chi connectivity index (χ1n) is 6.29. The first-order chi connectivity index (χ1) is 8.31. The Morgan fingerprint density at radius 3 is 3.06 bits per heavy atom. The molecule has 4 heteroatoms. The molecule has 0 saturated heterocycles. The Hall–Kier alpha value is -0.450. The fraction of sp³-hybridized carbons (Fsp3) is 0.692. The molecule has 1 saturated carbocycles. The molecule has 0 amide bonds. The van der Waals surface area contributed by atoms with E-state index in [0.29, 0.717) is 23.6 Å². The van der Waals surface area contributed by atoms with E-state index in [2.05, 4.69) is 11.6 Å². The van der Waals surface area contributed by atoms with Crippen LogP contribution in [0.1, 0.15) is 37.5 Å². The maximum absolute atomic E-state index is 9.94. The summed E-state index contributed by atoms with van der Waals surface area (Å²) < 4.78 is 5.19. The first-order valence-corrected chi connectivity index (χ1v) is 7.57. The lowest BCUT2D eigenvalue weighted by atomic mass is 9.94. The molecule has 2 rings (SSSR count). The summed E-state index contributed by atoms with van der Waals surface area (Å²) in [6, 6.07) is 4.16. The van der Waals surface area contributed by atoms with Crippen LogP contribution in [0.3, 0.4) is 0 Å². The van der Waals surface area contributed by atoms with Crippen molar-refractivity contribution in [2.24, 2.45) is 0 Å². The molecule has 0 spiro atoms. The molecule has 0 bridgehead atoms. The minimum Gasteiger partial charge on any atom is -0.467 e. The molecule has 0 aliphatic heterocycles. The van der Waals surface area contributed by atoms with Crippen LogP contribution in [0.5, 0.6) is 0 Å². The van der Waals surface area contributed by atoms with Gasteiger partial charge in [-0.25, -0.2) is 0 Å². The van der Waals surface area contributed by atoms with Gasteiger partial charge in [0.2, 0.25) is 0 Å². The highest BCUT2D eigenvalue weighted by Gasteiger charge is 2.24. The van der Waals surface area contributed by atoms with E-state index >= 15 is 0 Å². The van der Waals surface area contributed by atoms with Crippen LogP contribution < -0.4 is 5.32 Å². The summed E-state index contributed by atoms with van der Waals surface area (Å²) in [6.45, 7) is 0.579. The van der Waals surface area contributed by atoms with Gasteiger partial charge in [0.15, 0.2) is 0 Å². The number of rotatable bonds is 5. The van der Waals surface area contributed by atoms with E-state index in [9.17, 15) is 5.11 Å². The zero-order valence-electron chi connectivity index (χ0n) is 10.3. The van der Waals surface area contributed by atoms with Crippen LogP contribution in [0, 0.1) is 0 Å². The normalized spacial score (nSPS) is 26.9. The van der Waals surface area contributed by atoms with E-state index in [0.717, 1.165) is 0 Å². The minimum atomic E-state index is -0.533. The molecule has 1 aromatic heterocycles. The molecule has 1 aliphatic carbocycles. The molecule has 0 radical (unpaired) electrons. The summed E-state index contributed by atoms with van der Waals surface area (Å²) in [5.41, 5.74) is 0. The van der Waals surface area contributed by atoms with Crippen LogP contribution in [0.4, 0.5) is 0 Å². The molecule has 1 aromatic rings. The van der Waals surface area contributed by atoms with Crippen molar-refractivity contribution in [3.05, 3.63) is 24.2 Å². The van der Waals surface area contributed by atoms with Crippen molar-refractivity contribution in [2.75, 3.05) is 12.8 Å². The number of furan rings is 1. The number of nitrogens with one attached hydrogen (secondary N) is 1. The van der Waals surface area contributed by atoms with E-state index in [1.807, 2.05) is 23.9 Å². The van der Waals surface area contributed by atoms with E-state index < -0.39 is 6.10 Å². The predicted octanol–water partition coefficient (Wildman–Crippen LogP) is 2.58. The highest BCUT2D eigenvalue weighted by Crippen LogP contribution is 2.27. The summed E-state index contributed by atoms with van der Waals surface area (Å²) in [7, 11) is 0. The van der Waals surface area contributed by atoms with Gasteiger partial charge in [0.25, 0.3) is 0 Å². The van der Waals surface area contributed by atoms with Gasteiger partial charge in [-0.3, -0.25) is 0 Å². The summed E-state index contributed by atoms with van der Waals surface area (Å²) in [6.07, 6.45) is 8.38. The average molecular weight is 255 g/mol. The van der Waals surface area contributed by atoms with Crippen molar-refractivity contribution in [1.29, 1.82) is 0 Å². The minimum absolute atomic E-state index is 0.531. The Morgan fingerprint density at radius 2 is 2.35 bits per heavy atom. The average Bonchev–Trinajstić information content (AvgIpc) is 2.90. The van der Waals surface area contributed by atoms with Crippen LogP contribution in [0.15, 0.2) is 22.8 Å². The second-order valence-corrected chi connectivity index (χ2v) is 5.68. The third-order valence-corrected chi connectivity index (χ3v) is 4.62. The van der Waals surface area contributed by atoms with Gasteiger partial charge in [-0.05, 0) is 31.2 Å². The Labute approximate surface area is 107 Å². The highest BCUT2D eigenvalue weighted by atomic mass is 32.2. The second kappa shape index (κ2) is 6.47. The van der Waals surface area contributed by atoms with Crippen molar-refractivity contribution >= 4 is 11.8 Å². The summed E-state index contributed by atoms with van der Waals surface area (Å²) in [5, 5.41) is 14.1. The third kappa shape index (κ3) is 3.50. The molecule has 17 heavy (non-hydrogen) atoms. The quantitative estimate of drug-likeness (QED) is 0.849. The standard InChI is InChI=1S/C13H21NO2S/c1-17-13-7-3-2-5-10(13)14-9-11(15)12-6-4-8-16-12/h4,6,8,10-11,13-15H,2-3,5,7,9H2,1H3. The Morgan fingerprint density at radius 1 is 1.53 bits per heavy atom. The largest absolute Gasteiger partial charge is 0.467 e. The molecule has 0 aromatic carbocycles. The predicted molar refractivity (Wildman–Crippen MR) is 71.2 cm³/mol. The molecule has 96 valence electrons. The van der Waals surface area contributed by atoms with Crippen molar-refractivity contribution in [3.63, 3.8) is 0 Å². The van der Waals surface area contributed by atoms with Crippen LogP contribution >= 0.6 is 11.8 Å². The van der Waals surface area contributed by atoms with Crippen molar-refractivity contribution in [1.82, 2.24) is 5.32 Å². The van der Waals surface area contributed by atoms with Crippen molar-refractivity contribution in [2.45, 2.75) is 43.1 Å². The molecule has 1 aliphatic rings. The maximum Gasteiger partial charge on any atom is 0.133 e. The molecule has 1 fully saturated rings. The number of thioether (sulfide) groups is 1. The molecular weight excluding hydrogens is 234 g/mol. The SMILES string of the molecule is CSC1CCCCC1NCC(O)c1ccco1. The van der Waals surface area contributed by atoms with Crippen LogP contribution in [-0.4, -0.2) is 29.2 Å². The Bertz CT molecular complexity index is 315. The number of hydrogen-bond acceptors (Lipinski definition) is 4. The molecule has 3 unspecified atom stereocenters. The number of aliphatic hydroxyl groups excluding tert-OH is 1. The van der Waals surface area contributed by atoms with E-state index in [1.54, 1.807) is 6.26 Å². The van der Waals surface area contributed by atoms with Gasteiger partial charge < -0.3 is 14.8 Å². The maximum atomic E-state index is 9.94. The monoisotopic (exact) mass is 255 g/mol. The van der Waals surface area contributed by atoms with Crippen LogP contribution in [0.2, 0.25) is 0 Å². The van der Waals surface area contributed by atoms with Gasteiger partial charge in [0.1, 0.15) is 11.9 Å². The zero-order valence-corrected chi connectivity index (χ0v) is 11.1. The highest BCUT2D eigenvalue weighted by molar-refractivity contribution is 7.99. The second-order valence-electron chi connectivity index (χ2n) is 4.60. The Kier molecular flexibility index (Phi) is 4.95. The zero-order chi connectivity index (χ0) is 12.1. The fourth-order valence-electron chi connectivity index (χ4n) is 2.46.